The average molecular weight is 427 g/mol. The number of carbonyl (C=O) groups excluding carboxylic acids is 2. The molecular formula is C21H19ClN4O2S. The van der Waals surface area contributed by atoms with Crippen LogP contribution in [0.1, 0.15) is 17.3 Å². The van der Waals surface area contributed by atoms with Crippen molar-refractivity contribution in [2.24, 2.45) is 0 Å². The van der Waals surface area contributed by atoms with E-state index in [1.807, 2.05) is 16.7 Å². The maximum atomic E-state index is 12.5. The molecule has 0 fully saturated rings. The lowest BCUT2D eigenvalue weighted by Gasteiger charge is -2.08. The van der Waals surface area contributed by atoms with Crippen LogP contribution in [0.3, 0.4) is 0 Å². The number of thioether (sulfide) groups is 1. The van der Waals surface area contributed by atoms with E-state index in [-0.39, 0.29) is 17.4 Å². The van der Waals surface area contributed by atoms with Crippen LogP contribution in [0.4, 0.5) is 5.69 Å². The summed E-state index contributed by atoms with van der Waals surface area (Å²) in [7, 11) is 0. The third kappa shape index (κ3) is 5.34. The van der Waals surface area contributed by atoms with Crippen LogP contribution in [0.5, 0.6) is 0 Å². The van der Waals surface area contributed by atoms with Gasteiger partial charge in [-0.05, 0) is 48.5 Å². The number of allylic oxidation sites excluding steroid dienone is 1. The Balaban J connectivity index is 1.73. The molecule has 1 heterocycles. The summed E-state index contributed by atoms with van der Waals surface area (Å²) in [5.41, 5.74) is 2.11. The van der Waals surface area contributed by atoms with Crippen molar-refractivity contribution in [3.05, 3.63) is 71.8 Å². The number of amides is 1. The molecule has 0 radical (unpaired) electrons. The van der Waals surface area contributed by atoms with Gasteiger partial charge in [-0.3, -0.25) is 14.2 Å². The van der Waals surface area contributed by atoms with Gasteiger partial charge in [0.25, 0.3) is 0 Å². The first-order valence-corrected chi connectivity index (χ1v) is 10.2. The SMILES string of the molecule is C=CCn1c(SCC(=O)c2ccc(NC(C)=O)cc2)nnc1-c1ccc(Cl)cc1. The van der Waals surface area contributed by atoms with Crippen molar-refractivity contribution < 1.29 is 9.59 Å². The predicted molar refractivity (Wildman–Crippen MR) is 116 cm³/mol. The fourth-order valence-corrected chi connectivity index (χ4v) is 3.63. The Morgan fingerprint density at radius 1 is 1.14 bits per heavy atom. The first kappa shape index (κ1) is 20.8. The number of anilines is 1. The summed E-state index contributed by atoms with van der Waals surface area (Å²) in [6.07, 6.45) is 1.76. The summed E-state index contributed by atoms with van der Waals surface area (Å²) in [6, 6.07) is 14.2. The van der Waals surface area contributed by atoms with Gasteiger partial charge >= 0.3 is 0 Å². The fourth-order valence-electron chi connectivity index (χ4n) is 2.66. The average Bonchev–Trinajstić information content (AvgIpc) is 3.10. The Bertz CT molecular complexity index is 1030. The number of Topliss-reactive ketones (excluding diaryl/α,β-unsaturated/α-hetero) is 1. The normalized spacial score (nSPS) is 10.6. The molecule has 6 nitrogen and oxygen atoms in total. The summed E-state index contributed by atoms with van der Waals surface area (Å²) in [6.45, 7) is 5.75. The summed E-state index contributed by atoms with van der Waals surface area (Å²) in [4.78, 5) is 23.6. The van der Waals surface area contributed by atoms with E-state index in [0.717, 1.165) is 5.56 Å². The van der Waals surface area contributed by atoms with Gasteiger partial charge in [0.2, 0.25) is 5.91 Å². The van der Waals surface area contributed by atoms with Crippen LogP contribution in [-0.2, 0) is 11.3 Å². The van der Waals surface area contributed by atoms with Gasteiger partial charge in [-0.1, -0.05) is 29.4 Å². The maximum absolute atomic E-state index is 12.5. The topological polar surface area (TPSA) is 76.9 Å². The van der Waals surface area contributed by atoms with Gasteiger partial charge in [0.15, 0.2) is 16.8 Å². The van der Waals surface area contributed by atoms with Gasteiger partial charge in [-0.15, -0.1) is 16.8 Å². The summed E-state index contributed by atoms with van der Waals surface area (Å²) < 4.78 is 1.91. The van der Waals surface area contributed by atoms with E-state index in [2.05, 4.69) is 22.1 Å². The number of rotatable bonds is 8. The van der Waals surface area contributed by atoms with E-state index in [4.69, 9.17) is 11.6 Å². The number of nitrogens with one attached hydrogen (secondary N) is 1. The van der Waals surface area contributed by atoms with Crippen LogP contribution in [0.25, 0.3) is 11.4 Å². The molecule has 0 atom stereocenters. The molecule has 0 bridgehead atoms. The van der Waals surface area contributed by atoms with Crippen LogP contribution < -0.4 is 5.32 Å². The maximum Gasteiger partial charge on any atom is 0.221 e. The number of hydrogen-bond donors (Lipinski definition) is 1. The highest BCUT2D eigenvalue weighted by molar-refractivity contribution is 7.99. The molecule has 3 rings (SSSR count). The molecule has 3 aromatic rings. The highest BCUT2D eigenvalue weighted by Crippen LogP contribution is 2.26. The second-order valence-electron chi connectivity index (χ2n) is 6.18. The third-order valence-corrected chi connectivity index (χ3v) is 5.21. The molecule has 0 saturated heterocycles. The second kappa shape index (κ2) is 9.54. The summed E-state index contributed by atoms with van der Waals surface area (Å²) in [5, 5.41) is 12.5. The minimum Gasteiger partial charge on any atom is -0.326 e. The highest BCUT2D eigenvalue weighted by atomic mass is 35.5. The zero-order chi connectivity index (χ0) is 20.8. The van der Waals surface area contributed by atoms with Crippen molar-refractivity contribution in [1.82, 2.24) is 14.8 Å². The standard InChI is InChI=1S/C21H19ClN4O2S/c1-3-12-26-20(16-4-8-17(22)9-5-16)24-25-21(26)29-13-19(28)15-6-10-18(11-7-15)23-14(2)27/h3-11H,1,12-13H2,2H3,(H,23,27). The number of ketones is 1. The van der Waals surface area contributed by atoms with Crippen molar-refractivity contribution in [1.29, 1.82) is 0 Å². The molecule has 0 saturated carbocycles. The molecule has 1 N–H and O–H groups in total. The molecule has 0 aliphatic carbocycles. The van der Waals surface area contributed by atoms with Crippen LogP contribution in [-0.4, -0.2) is 32.2 Å². The Kier molecular flexibility index (Phi) is 6.85. The van der Waals surface area contributed by atoms with Crippen LogP contribution in [0.15, 0.2) is 66.3 Å². The second-order valence-corrected chi connectivity index (χ2v) is 7.56. The van der Waals surface area contributed by atoms with Crippen LogP contribution >= 0.6 is 23.4 Å². The molecule has 0 aliphatic heterocycles. The molecule has 1 amide bonds. The largest absolute Gasteiger partial charge is 0.326 e. The molecule has 148 valence electrons. The van der Waals surface area contributed by atoms with Gasteiger partial charge in [0, 0.05) is 35.3 Å². The predicted octanol–water partition coefficient (Wildman–Crippen LogP) is 4.72. The van der Waals surface area contributed by atoms with E-state index in [1.54, 1.807) is 42.5 Å². The Morgan fingerprint density at radius 2 is 1.83 bits per heavy atom. The van der Waals surface area contributed by atoms with E-state index < -0.39 is 0 Å². The molecular weight excluding hydrogens is 408 g/mol. The van der Waals surface area contributed by atoms with E-state index >= 15 is 0 Å². The first-order chi connectivity index (χ1) is 14.0. The molecule has 0 spiro atoms. The van der Waals surface area contributed by atoms with Gasteiger partial charge in [0.1, 0.15) is 0 Å². The molecule has 29 heavy (non-hydrogen) atoms. The lowest BCUT2D eigenvalue weighted by molar-refractivity contribution is -0.114. The lowest BCUT2D eigenvalue weighted by Crippen LogP contribution is -2.07. The van der Waals surface area contributed by atoms with E-state index in [1.165, 1.54) is 18.7 Å². The van der Waals surface area contributed by atoms with Gasteiger partial charge in [0.05, 0.1) is 5.75 Å². The zero-order valence-electron chi connectivity index (χ0n) is 15.8. The zero-order valence-corrected chi connectivity index (χ0v) is 17.3. The quantitative estimate of drug-likeness (QED) is 0.320. The minimum absolute atomic E-state index is 0.0365. The number of aromatic nitrogens is 3. The van der Waals surface area contributed by atoms with Crippen molar-refractivity contribution >= 4 is 40.7 Å². The summed E-state index contributed by atoms with van der Waals surface area (Å²) in [5.74, 6) is 0.717. The Labute approximate surface area is 178 Å². The van der Waals surface area contributed by atoms with E-state index in [9.17, 15) is 9.59 Å². The minimum atomic E-state index is -0.155. The van der Waals surface area contributed by atoms with Crippen molar-refractivity contribution in [3.63, 3.8) is 0 Å². The van der Waals surface area contributed by atoms with Crippen molar-refractivity contribution in [2.75, 3.05) is 11.1 Å². The number of hydrogen-bond acceptors (Lipinski definition) is 5. The van der Waals surface area contributed by atoms with Crippen molar-refractivity contribution in [3.8, 4) is 11.4 Å². The highest BCUT2D eigenvalue weighted by Gasteiger charge is 2.15. The Morgan fingerprint density at radius 3 is 2.45 bits per heavy atom. The number of halogens is 1. The molecule has 2 aromatic carbocycles. The van der Waals surface area contributed by atoms with Gasteiger partial charge in [-0.25, -0.2) is 0 Å². The summed E-state index contributed by atoms with van der Waals surface area (Å²) >= 11 is 7.28. The van der Waals surface area contributed by atoms with Crippen molar-refractivity contribution in [2.45, 2.75) is 18.6 Å². The lowest BCUT2D eigenvalue weighted by atomic mass is 10.1. The number of carbonyl (C=O) groups is 2. The smallest absolute Gasteiger partial charge is 0.221 e. The molecule has 0 unspecified atom stereocenters. The van der Waals surface area contributed by atoms with Crippen LogP contribution in [0.2, 0.25) is 5.02 Å². The Hall–Kier alpha value is -2.90. The number of benzene rings is 2. The fraction of sp³-hybridized carbons (Fsp3) is 0.143. The molecule has 8 heteroatoms. The van der Waals surface area contributed by atoms with Gasteiger partial charge < -0.3 is 5.32 Å². The molecule has 1 aromatic heterocycles. The molecule has 0 aliphatic rings. The number of nitrogens with zero attached hydrogens (tertiary/aromatic N) is 3. The monoisotopic (exact) mass is 426 g/mol. The first-order valence-electron chi connectivity index (χ1n) is 8.81. The third-order valence-electron chi connectivity index (χ3n) is 3.99. The van der Waals surface area contributed by atoms with Gasteiger partial charge in [-0.2, -0.15) is 0 Å². The van der Waals surface area contributed by atoms with E-state index in [0.29, 0.717) is 33.8 Å². The van der Waals surface area contributed by atoms with Crippen LogP contribution in [0, 0.1) is 0 Å².